The molecule has 2 rings (SSSR count). The van der Waals surface area contributed by atoms with Crippen LogP contribution in [0.5, 0.6) is 0 Å². The summed E-state index contributed by atoms with van der Waals surface area (Å²) in [5, 5.41) is 9.26. The van der Waals surface area contributed by atoms with Crippen molar-refractivity contribution in [1.29, 1.82) is 0 Å². The van der Waals surface area contributed by atoms with Gasteiger partial charge in [0.2, 0.25) is 0 Å². The van der Waals surface area contributed by atoms with Crippen molar-refractivity contribution in [3.05, 3.63) is 24.0 Å². The van der Waals surface area contributed by atoms with E-state index in [4.69, 9.17) is 0 Å². The zero-order valence-electron chi connectivity index (χ0n) is 12.6. The van der Waals surface area contributed by atoms with Crippen LogP contribution in [-0.2, 0) is 0 Å². The van der Waals surface area contributed by atoms with E-state index >= 15 is 0 Å². The maximum Gasteiger partial charge on any atom is 0.270 e. The van der Waals surface area contributed by atoms with Crippen LogP contribution in [0.4, 0.5) is 0 Å². The number of aromatic nitrogens is 1. The lowest BCUT2D eigenvalue weighted by atomic mass is 9.92. The second-order valence-electron chi connectivity index (χ2n) is 5.58. The van der Waals surface area contributed by atoms with Crippen LogP contribution >= 0.6 is 0 Å². The van der Waals surface area contributed by atoms with E-state index in [9.17, 15) is 9.90 Å². The third kappa shape index (κ3) is 2.90. The molecular weight excluding hydrogens is 252 g/mol. The van der Waals surface area contributed by atoms with Crippen molar-refractivity contribution in [2.45, 2.75) is 58.0 Å². The van der Waals surface area contributed by atoms with Crippen LogP contribution in [0.2, 0.25) is 0 Å². The standard InChI is InChI=1S/C16H26N2O2/c1-3-13(4-2)18(11-12-19)16(20)15-9-6-10-17(15)14-7-5-8-14/h6,9-10,13-14,19H,3-5,7-8,11-12H2,1-2H3. The van der Waals surface area contributed by atoms with Gasteiger partial charge in [-0.25, -0.2) is 0 Å². The Hall–Kier alpha value is -1.29. The molecule has 1 saturated carbocycles. The van der Waals surface area contributed by atoms with Gasteiger partial charge in [-0.1, -0.05) is 13.8 Å². The maximum atomic E-state index is 12.8. The summed E-state index contributed by atoms with van der Waals surface area (Å²) in [5.74, 6) is 0.0599. The molecule has 0 unspecified atom stereocenters. The first-order chi connectivity index (χ1) is 9.72. The van der Waals surface area contributed by atoms with Gasteiger partial charge in [-0.3, -0.25) is 4.79 Å². The molecule has 0 aromatic carbocycles. The second-order valence-corrected chi connectivity index (χ2v) is 5.58. The Morgan fingerprint density at radius 1 is 1.45 bits per heavy atom. The van der Waals surface area contributed by atoms with Crippen LogP contribution in [0, 0.1) is 0 Å². The van der Waals surface area contributed by atoms with Crippen LogP contribution in [-0.4, -0.2) is 39.7 Å². The number of rotatable bonds is 7. The van der Waals surface area contributed by atoms with Crippen LogP contribution < -0.4 is 0 Å². The molecule has 0 aliphatic heterocycles. The van der Waals surface area contributed by atoms with Crippen LogP contribution in [0.1, 0.15) is 62.5 Å². The van der Waals surface area contributed by atoms with Crippen molar-refractivity contribution < 1.29 is 9.90 Å². The molecule has 1 aliphatic carbocycles. The molecule has 1 aromatic rings. The van der Waals surface area contributed by atoms with E-state index in [1.165, 1.54) is 19.3 Å². The Kier molecular flexibility index (Phi) is 5.24. The summed E-state index contributed by atoms with van der Waals surface area (Å²) in [7, 11) is 0. The Morgan fingerprint density at radius 2 is 2.15 bits per heavy atom. The number of carbonyl (C=O) groups excluding carboxylic acids is 1. The van der Waals surface area contributed by atoms with Gasteiger partial charge >= 0.3 is 0 Å². The van der Waals surface area contributed by atoms with Gasteiger partial charge in [-0.05, 0) is 44.2 Å². The third-order valence-electron chi connectivity index (χ3n) is 4.45. The molecular formula is C16H26N2O2. The molecule has 0 atom stereocenters. The molecule has 4 heteroatoms. The van der Waals surface area contributed by atoms with Gasteiger partial charge in [0.1, 0.15) is 5.69 Å². The van der Waals surface area contributed by atoms with Crippen LogP contribution in [0.15, 0.2) is 18.3 Å². The number of hydrogen-bond acceptors (Lipinski definition) is 2. The van der Waals surface area contributed by atoms with Crippen LogP contribution in [0.3, 0.4) is 0 Å². The number of aliphatic hydroxyl groups is 1. The molecule has 1 heterocycles. The predicted molar refractivity (Wildman–Crippen MR) is 79.8 cm³/mol. The molecule has 1 amide bonds. The normalized spacial score (nSPS) is 15.4. The molecule has 1 aromatic heterocycles. The lowest BCUT2D eigenvalue weighted by Crippen LogP contribution is -2.42. The topological polar surface area (TPSA) is 45.5 Å². The van der Waals surface area contributed by atoms with Gasteiger partial charge in [0, 0.05) is 24.8 Å². The molecule has 1 fully saturated rings. The number of aliphatic hydroxyl groups excluding tert-OH is 1. The van der Waals surface area contributed by atoms with Crippen molar-refractivity contribution in [3.63, 3.8) is 0 Å². The third-order valence-corrected chi connectivity index (χ3v) is 4.45. The minimum atomic E-state index is 0.0202. The Labute approximate surface area is 121 Å². The van der Waals surface area contributed by atoms with E-state index in [1.807, 2.05) is 23.2 Å². The van der Waals surface area contributed by atoms with E-state index in [0.717, 1.165) is 18.5 Å². The minimum absolute atomic E-state index is 0.0202. The smallest absolute Gasteiger partial charge is 0.270 e. The first-order valence-electron chi connectivity index (χ1n) is 7.81. The van der Waals surface area contributed by atoms with Crippen molar-refractivity contribution in [2.75, 3.05) is 13.2 Å². The second kappa shape index (κ2) is 6.93. The molecule has 0 spiro atoms. The highest BCUT2D eigenvalue weighted by atomic mass is 16.3. The summed E-state index contributed by atoms with van der Waals surface area (Å²) in [6.07, 6.45) is 7.45. The summed E-state index contributed by atoms with van der Waals surface area (Å²) >= 11 is 0. The van der Waals surface area contributed by atoms with Crippen molar-refractivity contribution in [3.8, 4) is 0 Å². The zero-order valence-corrected chi connectivity index (χ0v) is 12.6. The summed E-state index contributed by atoms with van der Waals surface area (Å²) < 4.78 is 2.12. The van der Waals surface area contributed by atoms with E-state index in [-0.39, 0.29) is 18.6 Å². The number of amides is 1. The van der Waals surface area contributed by atoms with Crippen molar-refractivity contribution >= 4 is 5.91 Å². The Bertz CT molecular complexity index is 433. The molecule has 1 aliphatic rings. The maximum absolute atomic E-state index is 12.8. The molecule has 1 N–H and O–H groups in total. The van der Waals surface area contributed by atoms with Crippen molar-refractivity contribution in [1.82, 2.24) is 9.47 Å². The highest BCUT2D eigenvalue weighted by molar-refractivity contribution is 5.93. The monoisotopic (exact) mass is 278 g/mol. The first kappa shape index (κ1) is 15.1. The van der Waals surface area contributed by atoms with Gasteiger partial charge in [0.25, 0.3) is 5.91 Å². The fourth-order valence-electron chi connectivity index (χ4n) is 2.99. The van der Waals surface area contributed by atoms with Crippen LogP contribution in [0.25, 0.3) is 0 Å². The van der Waals surface area contributed by atoms with Gasteiger partial charge in [-0.15, -0.1) is 0 Å². The zero-order chi connectivity index (χ0) is 14.5. The Morgan fingerprint density at radius 3 is 2.65 bits per heavy atom. The van der Waals surface area contributed by atoms with Gasteiger partial charge in [-0.2, -0.15) is 0 Å². The molecule has 0 saturated heterocycles. The number of carbonyl (C=O) groups is 1. The SMILES string of the molecule is CCC(CC)N(CCO)C(=O)c1cccn1C1CCC1. The number of hydrogen-bond donors (Lipinski definition) is 1. The molecule has 4 nitrogen and oxygen atoms in total. The largest absolute Gasteiger partial charge is 0.395 e. The first-order valence-corrected chi connectivity index (χ1v) is 7.81. The molecule has 112 valence electrons. The highest BCUT2D eigenvalue weighted by Gasteiger charge is 2.27. The van der Waals surface area contributed by atoms with E-state index < -0.39 is 0 Å². The summed E-state index contributed by atoms with van der Waals surface area (Å²) in [6.45, 7) is 4.63. The molecule has 0 radical (unpaired) electrons. The minimum Gasteiger partial charge on any atom is -0.395 e. The average molecular weight is 278 g/mol. The fraction of sp³-hybridized carbons (Fsp3) is 0.688. The quantitative estimate of drug-likeness (QED) is 0.833. The number of nitrogens with zero attached hydrogens (tertiary/aromatic N) is 2. The van der Waals surface area contributed by atoms with Crippen molar-refractivity contribution in [2.24, 2.45) is 0 Å². The fourth-order valence-corrected chi connectivity index (χ4v) is 2.99. The van der Waals surface area contributed by atoms with Gasteiger partial charge in [0.05, 0.1) is 6.61 Å². The average Bonchev–Trinajstić information content (AvgIpc) is 2.85. The Balaban J connectivity index is 2.20. The highest BCUT2D eigenvalue weighted by Crippen LogP contribution is 2.33. The summed E-state index contributed by atoms with van der Waals surface area (Å²) in [4.78, 5) is 14.7. The van der Waals surface area contributed by atoms with E-state index in [1.54, 1.807) is 0 Å². The molecule has 0 bridgehead atoms. The van der Waals surface area contributed by atoms with Gasteiger partial charge in [0.15, 0.2) is 0 Å². The lowest BCUT2D eigenvalue weighted by molar-refractivity contribution is 0.0605. The molecule has 20 heavy (non-hydrogen) atoms. The summed E-state index contributed by atoms with van der Waals surface area (Å²) in [6, 6.07) is 4.56. The van der Waals surface area contributed by atoms with Gasteiger partial charge < -0.3 is 14.6 Å². The predicted octanol–water partition coefficient (Wildman–Crippen LogP) is 2.84. The van der Waals surface area contributed by atoms with E-state index in [0.29, 0.717) is 12.6 Å². The van der Waals surface area contributed by atoms with E-state index in [2.05, 4.69) is 18.4 Å². The summed E-state index contributed by atoms with van der Waals surface area (Å²) in [5.41, 5.74) is 0.773. The lowest BCUT2D eigenvalue weighted by Gasteiger charge is -2.33.